The SMILES string of the molecule is C=C(C)N(C)Cc1cc(C(C)(C)C)c(O)c(C(C)(C)C)c1. The number of benzene rings is 1. The largest absolute Gasteiger partial charge is 0.507 e. The summed E-state index contributed by atoms with van der Waals surface area (Å²) in [5, 5.41) is 10.7. The van der Waals surface area contributed by atoms with Crippen LogP contribution in [0.3, 0.4) is 0 Å². The molecule has 1 rings (SSSR count). The van der Waals surface area contributed by atoms with Crippen LogP contribution in [0, 0.1) is 0 Å². The van der Waals surface area contributed by atoms with Crippen LogP contribution >= 0.6 is 0 Å². The summed E-state index contributed by atoms with van der Waals surface area (Å²) in [7, 11) is 2.04. The Kier molecular flexibility index (Phi) is 4.82. The number of phenols is 1. The van der Waals surface area contributed by atoms with Crippen LogP contribution in [-0.4, -0.2) is 17.1 Å². The predicted molar refractivity (Wildman–Crippen MR) is 91.8 cm³/mol. The Morgan fingerprint density at radius 3 is 1.71 bits per heavy atom. The molecule has 0 aromatic heterocycles. The van der Waals surface area contributed by atoms with E-state index in [4.69, 9.17) is 0 Å². The summed E-state index contributed by atoms with van der Waals surface area (Å²) in [6.45, 7) is 19.6. The van der Waals surface area contributed by atoms with Gasteiger partial charge in [0.25, 0.3) is 0 Å². The minimum atomic E-state index is -0.0815. The average Bonchev–Trinajstić information content (AvgIpc) is 2.27. The number of rotatable bonds is 3. The van der Waals surface area contributed by atoms with Gasteiger partial charge in [0.05, 0.1) is 0 Å². The fourth-order valence-electron chi connectivity index (χ4n) is 2.34. The lowest BCUT2D eigenvalue weighted by Gasteiger charge is -2.29. The van der Waals surface area contributed by atoms with E-state index in [1.54, 1.807) is 0 Å². The van der Waals surface area contributed by atoms with Gasteiger partial charge in [-0.2, -0.15) is 0 Å². The van der Waals surface area contributed by atoms with Crippen molar-refractivity contribution in [2.75, 3.05) is 7.05 Å². The molecule has 0 atom stereocenters. The van der Waals surface area contributed by atoms with E-state index >= 15 is 0 Å². The molecule has 0 fully saturated rings. The second kappa shape index (κ2) is 5.75. The first-order chi connectivity index (χ1) is 9.34. The summed E-state index contributed by atoms with van der Waals surface area (Å²) in [5.74, 6) is 0.441. The van der Waals surface area contributed by atoms with Crippen LogP contribution in [0.2, 0.25) is 0 Å². The van der Waals surface area contributed by atoms with Crippen molar-refractivity contribution in [3.63, 3.8) is 0 Å². The van der Waals surface area contributed by atoms with Crippen LogP contribution in [-0.2, 0) is 17.4 Å². The number of aromatic hydroxyl groups is 1. The van der Waals surface area contributed by atoms with Crippen molar-refractivity contribution in [2.45, 2.75) is 65.8 Å². The van der Waals surface area contributed by atoms with E-state index < -0.39 is 0 Å². The van der Waals surface area contributed by atoms with Gasteiger partial charge in [-0.3, -0.25) is 0 Å². The topological polar surface area (TPSA) is 23.5 Å². The molecule has 0 aliphatic rings. The van der Waals surface area contributed by atoms with E-state index in [-0.39, 0.29) is 10.8 Å². The second-order valence-corrected chi connectivity index (χ2v) is 8.13. The molecule has 2 heteroatoms. The van der Waals surface area contributed by atoms with Gasteiger partial charge in [0, 0.05) is 19.3 Å². The van der Waals surface area contributed by atoms with Crippen molar-refractivity contribution in [1.29, 1.82) is 0 Å². The summed E-state index contributed by atoms with van der Waals surface area (Å²) in [6, 6.07) is 4.26. The van der Waals surface area contributed by atoms with E-state index in [0.717, 1.165) is 23.4 Å². The third kappa shape index (κ3) is 4.26. The van der Waals surface area contributed by atoms with Gasteiger partial charge >= 0.3 is 0 Å². The number of allylic oxidation sites excluding steroid dienone is 1. The Labute approximate surface area is 130 Å². The van der Waals surface area contributed by atoms with Crippen molar-refractivity contribution < 1.29 is 5.11 Å². The molecule has 0 heterocycles. The average molecular weight is 289 g/mol. The minimum absolute atomic E-state index is 0.0815. The molecule has 0 unspecified atom stereocenters. The molecule has 1 aromatic carbocycles. The zero-order chi connectivity index (χ0) is 16.6. The Hall–Kier alpha value is -1.44. The van der Waals surface area contributed by atoms with Crippen LogP contribution < -0.4 is 0 Å². The van der Waals surface area contributed by atoms with E-state index in [9.17, 15) is 5.11 Å². The van der Waals surface area contributed by atoms with E-state index in [0.29, 0.717) is 5.75 Å². The minimum Gasteiger partial charge on any atom is -0.507 e. The number of hydrogen-bond acceptors (Lipinski definition) is 2. The molecule has 1 N–H and O–H groups in total. The number of nitrogens with zero attached hydrogens (tertiary/aromatic N) is 1. The zero-order valence-electron chi connectivity index (χ0n) is 15.0. The molecule has 21 heavy (non-hydrogen) atoms. The van der Waals surface area contributed by atoms with Crippen molar-refractivity contribution >= 4 is 0 Å². The van der Waals surface area contributed by atoms with Gasteiger partial charge in [-0.15, -0.1) is 0 Å². The lowest BCUT2D eigenvalue weighted by atomic mass is 9.78. The van der Waals surface area contributed by atoms with Crippen LogP contribution in [0.4, 0.5) is 0 Å². The summed E-state index contributed by atoms with van der Waals surface area (Å²) >= 11 is 0. The lowest BCUT2D eigenvalue weighted by Crippen LogP contribution is -2.20. The Morgan fingerprint density at radius 2 is 1.43 bits per heavy atom. The van der Waals surface area contributed by atoms with Crippen molar-refractivity contribution in [2.24, 2.45) is 0 Å². The van der Waals surface area contributed by atoms with Crippen molar-refractivity contribution in [3.8, 4) is 5.75 Å². The summed E-state index contributed by atoms with van der Waals surface area (Å²) < 4.78 is 0. The van der Waals surface area contributed by atoms with Crippen molar-refractivity contribution in [1.82, 2.24) is 4.90 Å². The Bertz CT molecular complexity index is 494. The van der Waals surface area contributed by atoms with Crippen LogP contribution in [0.5, 0.6) is 5.75 Å². The first kappa shape index (κ1) is 17.6. The molecule has 2 nitrogen and oxygen atoms in total. The molecular weight excluding hydrogens is 258 g/mol. The van der Waals surface area contributed by atoms with Gasteiger partial charge in [0.2, 0.25) is 0 Å². The van der Waals surface area contributed by atoms with Crippen LogP contribution in [0.1, 0.15) is 65.2 Å². The van der Waals surface area contributed by atoms with Crippen LogP contribution in [0.25, 0.3) is 0 Å². The molecule has 0 amide bonds. The fraction of sp³-hybridized carbons (Fsp3) is 0.579. The third-order valence-corrected chi connectivity index (χ3v) is 3.86. The van der Waals surface area contributed by atoms with E-state index in [2.05, 4.69) is 65.2 Å². The normalized spacial score (nSPS) is 12.4. The molecule has 118 valence electrons. The quantitative estimate of drug-likeness (QED) is 0.850. The van der Waals surface area contributed by atoms with E-state index in [1.165, 1.54) is 5.56 Å². The van der Waals surface area contributed by atoms with Gasteiger partial charge < -0.3 is 10.0 Å². The summed E-state index contributed by atoms with van der Waals surface area (Å²) in [6.07, 6.45) is 0. The third-order valence-electron chi connectivity index (χ3n) is 3.86. The van der Waals surface area contributed by atoms with Gasteiger partial charge in [-0.25, -0.2) is 0 Å². The molecular formula is C19H31NO. The molecule has 0 aliphatic heterocycles. The monoisotopic (exact) mass is 289 g/mol. The highest BCUT2D eigenvalue weighted by Gasteiger charge is 2.26. The first-order valence-corrected chi connectivity index (χ1v) is 7.57. The molecule has 0 bridgehead atoms. The number of hydrogen-bond donors (Lipinski definition) is 1. The number of phenolic OH excluding ortho intramolecular Hbond substituents is 1. The maximum atomic E-state index is 10.7. The highest BCUT2D eigenvalue weighted by molar-refractivity contribution is 5.49. The summed E-state index contributed by atoms with van der Waals surface area (Å²) in [5.41, 5.74) is 4.12. The van der Waals surface area contributed by atoms with Gasteiger partial charge in [0.1, 0.15) is 5.75 Å². The Morgan fingerprint density at radius 1 is 1.05 bits per heavy atom. The Balaban J connectivity index is 3.44. The highest BCUT2D eigenvalue weighted by atomic mass is 16.3. The van der Waals surface area contributed by atoms with Crippen LogP contribution in [0.15, 0.2) is 24.4 Å². The molecule has 1 aromatic rings. The van der Waals surface area contributed by atoms with Gasteiger partial charge in [0.15, 0.2) is 0 Å². The molecule has 0 saturated heterocycles. The van der Waals surface area contributed by atoms with Crippen molar-refractivity contribution in [3.05, 3.63) is 41.1 Å². The lowest BCUT2D eigenvalue weighted by molar-refractivity contribution is 0.404. The fourth-order valence-corrected chi connectivity index (χ4v) is 2.34. The molecule has 0 aliphatic carbocycles. The molecule has 0 saturated carbocycles. The predicted octanol–water partition coefficient (Wildman–Crippen LogP) is 4.95. The molecule has 0 radical (unpaired) electrons. The second-order valence-electron chi connectivity index (χ2n) is 8.13. The summed E-state index contributed by atoms with van der Waals surface area (Å²) in [4.78, 5) is 2.13. The highest BCUT2D eigenvalue weighted by Crippen LogP contribution is 2.40. The van der Waals surface area contributed by atoms with E-state index in [1.807, 2.05) is 14.0 Å². The first-order valence-electron chi connectivity index (χ1n) is 7.57. The van der Waals surface area contributed by atoms with Gasteiger partial charge in [-0.05, 0) is 46.6 Å². The van der Waals surface area contributed by atoms with Gasteiger partial charge in [-0.1, -0.05) is 48.1 Å². The zero-order valence-corrected chi connectivity index (χ0v) is 15.0. The smallest absolute Gasteiger partial charge is 0.123 e. The standard InChI is InChI=1S/C19H31NO/c1-13(2)20(9)12-14-10-15(18(3,4)5)17(21)16(11-14)19(6,7)8/h10-11,21H,1,12H2,2-9H3. The maximum absolute atomic E-state index is 10.7. The molecule has 0 spiro atoms. The maximum Gasteiger partial charge on any atom is 0.123 e.